The highest BCUT2D eigenvalue weighted by Crippen LogP contribution is 2.29. The molecule has 3 rings (SSSR count). The van der Waals surface area contributed by atoms with Gasteiger partial charge in [-0.2, -0.15) is 0 Å². The van der Waals surface area contributed by atoms with Gasteiger partial charge in [-0.15, -0.1) is 0 Å². The minimum Gasteiger partial charge on any atom is -0.507 e. The van der Waals surface area contributed by atoms with E-state index < -0.39 is 0 Å². The van der Waals surface area contributed by atoms with Gasteiger partial charge in [0.1, 0.15) is 5.75 Å². The van der Waals surface area contributed by atoms with Gasteiger partial charge in [0, 0.05) is 24.6 Å². The monoisotopic (exact) mass is 393 g/mol. The molecule has 0 spiro atoms. The summed E-state index contributed by atoms with van der Waals surface area (Å²) in [7, 11) is 0. The molecule has 0 aliphatic carbocycles. The Balaban J connectivity index is 1.74. The summed E-state index contributed by atoms with van der Waals surface area (Å²) >= 11 is 2.05. The van der Waals surface area contributed by atoms with Gasteiger partial charge in [-0.3, -0.25) is 4.79 Å². The lowest BCUT2D eigenvalue weighted by Crippen LogP contribution is -2.28. The molecule has 4 heteroatoms. The van der Waals surface area contributed by atoms with Crippen LogP contribution in [0.25, 0.3) is 0 Å². The Morgan fingerprint density at radius 3 is 2.67 bits per heavy atom. The van der Waals surface area contributed by atoms with Gasteiger partial charge in [0.2, 0.25) is 0 Å². The maximum absolute atomic E-state index is 12.5. The standard InChI is InChI=1S/C17H16INO2/c18-15-7-6-13(10-16(15)20)17(21)19-9-8-14(11-19)12-4-2-1-3-5-12/h1-7,10,14,20H,8-9,11H2. The van der Waals surface area contributed by atoms with Gasteiger partial charge in [-0.1, -0.05) is 30.3 Å². The summed E-state index contributed by atoms with van der Waals surface area (Å²) in [6.07, 6.45) is 0.992. The second kappa shape index (κ2) is 6.05. The van der Waals surface area contributed by atoms with Crippen LogP contribution in [-0.2, 0) is 0 Å². The number of benzene rings is 2. The summed E-state index contributed by atoms with van der Waals surface area (Å²) in [5.41, 5.74) is 1.85. The fourth-order valence-electron chi connectivity index (χ4n) is 2.77. The van der Waals surface area contributed by atoms with Crippen molar-refractivity contribution in [1.29, 1.82) is 0 Å². The molecule has 2 aromatic rings. The van der Waals surface area contributed by atoms with Crippen LogP contribution in [0.5, 0.6) is 5.75 Å². The summed E-state index contributed by atoms with van der Waals surface area (Å²) in [6.45, 7) is 1.51. The van der Waals surface area contributed by atoms with E-state index in [4.69, 9.17) is 0 Å². The Hall–Kier alpha value is -1.56. The average molecular weight is 393 g/mol. The van der Waals surface area contributed by atoms with E-state index in [1.54, 1.807) is 18.2 Å². The summed E-state index contributed by atoms with van der Waals surface area (Å²) in [5.74, 6) is 0.577. The number of halogens is 1. The number of carbonyl (C=O) groups excluding carboxylic acids is 1. The third-order valence-corrected chi connectivity index (χ3v) is 4.85. The predicted molar refractivity (Wildman–Crippen MR) is 90.5 cm³/mol. The number of hydrogen-bond donors (Lipinski definition) is 1. The first-order valence-electron chi connectivity index (χ1n) is 6.98. The van der Waals surface area contributed by atoms with E-state index in [-0.39, 0.29) is 11.7 Å². The van der Waals surface area contributed by atoms with Crippen LogP contribution < -0.4 is 0 Å². The molecule has 1 heterocycles. The largest absolute Gasteiger partial charge is 0.507 e. The van der Waals surface area contributed by atoms with Crippen LogP contribution in [0.15, 0.2) is 48.5 Å². The molecule has 1 amide bonds. The lowest BCUT2D eigenvalue weighted by molar-refractivity contribution is 0.0790. The minimum atomic E-state index is 0.000121. The highest BCUT2D eigenvalue weighted by Gasteiger charge is 2.28. The molecular formula is C17H16INO2. The maximum Gasteiger partial charge on any atom is 0.254 e. The fraction of sp³-hybridized carbons (Fsp3) is 0.235. The van der Waals surface area contributed by atoms with E-state index in [0.29, 0.717) is 11.5 Å². The van der Waals surface area contributed by atoms with Crippen LogP contribution in [0.2, 0.25) is 0 Å². The van der Waals surface area contributed by atoms with E-state index in [1.807, 2.05) is 45.7 Å². The number of nitrogens with zero attached hydrogens (tertiary/aromatic N) is 1. The lowest BCUT2D eigenvalue weighted by atomic mass is 9.99. The van der Waals surface area contributed by atoms with E-state index in [9.17, 15) is 9.90 Å². The molecule has 0 radical (unpaired) electrons. The molecule has 0 saturated carbocycles. The van der Waals surface area contributed by atoms with Gasteiger partial charge < -0.3 is 10.0 Å². The van der Waals surface area contributed by atoms with Crippen molar-refractivity contribution in [1.82, 2.24) is 4.90 Å². The molecule has 3 nitrogen and oxygen atoms in total. The fourth-order valence-corrected chi connectivity index (χ4v) is 3.11. The highest BCUT2D eigenvalue weighted by molar-refractivity contribution is 14.1. The predicted octanol–water partition coefficient (Wildman–Crippen LogP) is 3.63. The number of phenolic OH excluding ortho intramolecular Hbond substituents is 1. The number of aromatic hydroxyl groups is 1. The van der Waals surface area contributed by atoms with Crippen LogP contribution >= 0.6 is 22.6 Å². The van der Waals surface area contributed by atoms with Crippen molar-refractivity contribution in [3.8, 4) is 5.75 Å². The smallest absolute Gasteiger partial charge is 0.254 e. The quantitative estimate of drug-likeness (QED) is 0.792. The molecule has 2 aromatic carbocycles. The molecule has 0 aromatic heterocycles. The molecular weight excluding hydrogens is 377 g/mol. The van der Waals surface area contributed by atoms with Crippen LogP contribution in [0, 0.1) is 3.57 Å². The molecule has 1 unspecified atom stereocenters. The molecule has 108 valence electrons. The van der Waals surface area contributed by atoms with Crippen molar-refractivity contribution < 1.29 is 9.90 Å². The molecule has 1 saturated heterocycles. The van der Waals surface area contributed by atoms with Gasteiger partial charge in [0.15, 0.2) is 0 Å². The van der Waals surface area contributed by atoms with Crippen molar-refractivity contribution in [3.05, 3.63) is 63.2 Å². The molecule has 1 N–H and O–H groups in total. The van der Waals surface area contributed by atoms with Gasteiger partial charge in [0.25, 0.3) is 5.91 Å². The second-order valence-electron chi connectivity index (χ2n) is 5.31. The number of rotatable bonds is 2. The first-order valence-corrected chi connectivity index (χ1v) is 8.06. The second-order valence-corrected chi connectivity index (χ2v) is 6.48. The number of hydrogen-bond acceptors (Lipinski definition) is 2. The normalized spacial score (nSPS) is 18.0. The zero-order valence-electron chi connectivity index (χ0n) is 11.5. The highest BCUT2D eigenvalue weighted by atomic mass is 127. The zero-order valence-corrected chi connectivity index (χ0v) is 13.7. The topological polar surface area (TPSA) is 40.5 Å². The van der Waals surface area contributed by atoms with Gasteiger partial charge in [0.05, 0.1) is 3.57 Å². The number of amides is 1. The summed E-state index contributed by atoms with van der Waals surface area (Å²) in [6, 6.07) is 15.4. The van der Waals surface area contributed by atoms with Gasteiger partial charge >= 0.3 is 0 Å². The van der Waals surface area contributed by atoms with E-state index in [1.165, 1.54) is 5.56 Å². The van der Waals surface area contributed by atoms with Crippen molar-refractivity contribution in [3.63, 3.8) is 0 Å². The lowest BCUT2D eigenvalue weighted by Gasteiger charge is -2.17. The maximum atomic E-state index is 12.5. The number of carbonyl (C=O) groups is 1. The number of phenols is 1. The third kappa shape index (κ3) is 3.05. The Kier molecular flexibility index (Phi) is 4.14. The number of likely N-dealkylation sites (tertiary alicyclic amines) is 1. The van der Waals surface area contributed by atoms with Crippen molar-refractivity contribution in [2.75, 3.05) is 13.1 Å². The first kappa shape index (κ1) is 14.4. The molecule has 1 aliphatic rings. The van der Waals surface area contributed by atoms with Gasteiger partial charge in [-0.05, 0) is 52.8 Å². The van der Waals surface area contributed by atoms with E-state index in [2.05, 4.69) is 12.1 Å². The van der Waals surface area contributed by atoms with Crippen LogP contribution in [-0.4, -0.2) is 29.0 Å². The van der Waals surface area contributed by atoms with E-state index in [0.717, 1.165) is 23.1 Å². The Morgan fingerprint density at radius 2 is 1.95 bits per heavy atom. The Morgan fingerprint density at radius 1 is 1.19 bits per heavy atom. The molecule has 1 aliphatic heterocycles. The van der Waals surface area contributed by atoms with Crippen molar-refractivity contribution >= 4 is 28.5 Å². The summed E-state index contributed by atoms with van der Waals surface area (Å²) < 4.78 is 0.757. The average Bonchev–Trinajstić information content (AvgIpc) is 3.00. The molecule has 1 atom stereocenters. The van der Waals surface area contributed by atoms with Gasteiger partial charge in [-0.25, -0.2) is 0 Å². The van der Waals surface area contributed by atoms with Crippen molar-refractivity contribution in [2.24, 2.45) is 0 Å². The molecule has 21 heavy (non-hydrogen) atoms. The minimum absolute atomic E-state index is 0.000121. The third-order valence-electron chi connectivity index (χ3n) is 3.94. The van der Waals surface area contributed by atoms with Crippen LogP contribution in [0.1, 0.15) is 28.3 Å². The molecule has 0 bridgehead atoms. The van der Waals surface area contributed by atoms with E-state index >= 15 is 0 Å². The molecule has 1 fully saturated rings. The van der Waals surface area contributed by atoms with Crippen molar-refractivity contribution in [2.45, 2.75) is 12.3 Å². The Labute approximate surface area is 137 Å². The first-order chi connectivity index (χ1) is 10.1. The zero-order chi connectivity index (χ0) is 14.8. The van der Waals surface area contributed by atoms with Crippen LogP contribution in [0.3, 0.4) is 0 Å². The summed E-state index contributed by atoms with van der Waals surface area (Å²) in [5, 5.41) is 9.74. The summed E-state index contributed by atoms with van der Waals surface area (Å²) in [4.78, 5) is 14.4. The Bertz CT molecular complexity index is 657. The van der Waals surface area contributed by atoms with Crippen LogP contribution in [0.4, 0.5) is 0 Å². The SMILES string of the molecule is O=C(c1ccc(I)c(O)c1)N1CCC(c2ccccc2)C1.